The first kappa shape index (κ1) is 15.3. The molecule has 1 aromatic rings. The van der Waals surface area contributed by atoms with Crippen LogP contribution in [0.25, 0.3) is 0 Å². The summed E-state index contributed by atoms with van der Waals surface area (Å²) in [4.78, 5) is 4.39. The van der Waals surface area contributed by atoms with Gasteiger partial charge in [-0.25, -0.2) is 0 Å². The smallest absolute Gasteiger partial charge is 0.489 e. The Bertz CT molecular complexity index is 484. The summed E-state index contributed by atoms with van der Waals surface area (Å²) in [5.74, 6) is 0.784. The zero-order valence-corrected chi connectivity index (χ0v) is 13.5. The summed E-state index contributed by atoms with van der Waals surface area (Å²) in [7, 11) is -0.400. The van der Waals surface area contributed by atoms with Crippen molar-refractivity contribution >= 4 is 12.6 Å². The predicted octanol–water partition coefficient (Wildman–Crippen LogP) is 2.48. The van der Waals surface area contributed by atoms with Gasteiger partial charge in [-0.05, 0) is 54.5 Å². The van der Waals surface area contributed by atoms with Gasteiger partial charge in [0, 0.05) is 11.7 Å². The summed E-state index contributed by atoms with van der Waals surface area (Å²) < 4.78 is 17.8. The molecule has 0 unspecified atom stereocenters. The second kappa shape index (κ2) is 5.04. The fourth-order valence-electron chi connectivity index (χ4n) is 2.01. The number of rotatable bonds is 3. The molecule has 0 N–H and O–H groups in total. The first-order valence-electron chi connectivity index (χ1n) is 7.11. The van der Waals surface area contributed by atoms with Crippen LogP contribution < -0.4 is 10.2 Å². The maximum absolute atomic E-state index is 6.03. The Kier molecular flexibility index (Phi) is 3.86. The van der Waals surface area contributed by atoms with Crippen molar-refractivity contribution in [3.63, 3.8) is 0 Å². The molecule has 1 fully saturated rings. The number of pyridine rings is 1. The molecule has 2 rings (SSSR count). The van der Waals surface area contributed by atoms with Crippen molar-refractivity contribution in [1.29, 1.82) is 0 Å². The summed E-state index contributed by atoms with van der Waals surface area (Å²) >= 11 is 0. The standard InChI is InChI=1S/C15H24BNO3/c1-10(2)18-13-8-12(9-17-11(13)3)16-19-14(4,5)15(6,7)20-16/h8-10H,1-7H3. The second-order valence-electron chi connectivity index (χ2n) is 6.61. The van der Waals surface area contributed by atoms with Gasteiger partial charge < -0.3 is 14.0 Å². The molecule has 1 aliphatic rings. The molecule has 0 spiro atoms. The lowest BCUT2D eigenvalue weighted by Crippen LogP contribution is -2.41. The summed E-state index contributed by atoms with van der Waals surface area (Å²) in [6.45, 7) is 14.1. The van der Waals surface area contributed by atoms with E-state index in [0.29, 0.717) is 0 Å². The van der Waals surface area contributed by atoms with Crippen LogP contribution in [-0.2, 0) is 9.31 Å². The minimum absolute atomic E-state index is 0.115. The van der Waals surface area contributed by atoms with E-state index in [9.17, 15) is 0 Å². The molecule has 0 saturated carbocycles. The zero-order chi connectivity index (χ0) is 15.1. The largest absolute Gasteiger partial charge is 0.496 e. The number of nitrogens with zero attached hydrogens (tertiary/aromatic N) is 1. The molecular weight excluding hydrogens is 253 g/mol. The highest BCUT2D eigenvalue weighted by Gasteiger charge is 2.51. The molecule has 0 bridgehead atoms. The van der Waals surface area contributed by atoms with Crippen molar-refractivity contribution in [1.82, 2.24) is 4.98 Å². The van der Waals surface area contributed by atoms with Crippen molar-refractivity contribution in [2.24, 2.45) is 0 Å². The van der Waals surface area contributed by atoms with Crippen LogP contribution in [0.2, 0.25) is 0 Å². The lowest BCUT2D eigenvalue weighted by Gasteiger charge is -2.32. The van der Waals surface area contributed by atoms with Crippen LogP contribution in [-0.4, -0.2) is 29.4 Å². The van der Waals surface area contributed by atoms with Crippen LogP contribution in [0.15, 0.2) is 12.3 Å². The van der Waals surface area contributed by atoms with Crippen LogP contribution in [0.5, 0.6) is 5.75 Å². The van der Waals surface area contributed by atoms with Crippen molar-refractivity contribution < 1.29 is 14.0 Å². The third-order valence-electron chi connectivity index (χ3n) is 3.95. The minimum atomic E-state index is -0.400. The normalized spacial score (nSPS) is 20.5. The number of aryl methyl sites for hydroxylation is 1. The minimum Gasteiger partial charge on any atom is -0.489 e. The molecule has 1 aliphatic heterocycles. The Balaban J connectivity index is 2.27. The summed E-state index contributed by atoms with van der Waals surface area (Å²) in [5.41, 5.74) is 1.08. The number of aromatic nitrogens is 1. The Morgan fingerprint density at radius 1 is 1.15 bits per heavy atom. The van der Waals surface area contributed by atoms with Gasteiger partial charge in [0.1, 0.15) is 5.75 Å². The van der Waals surface area contributed by atoms with Crippen molar-refractivity contribution in [3.05, 3.63) is 18.0 Å². The summed E-state index contributed by atoms with van der Waals surface area (Å²) in [5, 5.41) is 0. The predicted molar refractivity (Wildman–Crippen MR) is 80.5 cm³/mol. The van der Waals surface area contributed by atoms with Crippen LogP contribution in [0.1, 0.15) is 47.2 Å². The van der Waals surface area contributed by atoms with Gasteiger partial charge in [0.05, 0.1) is 23.0 Å². The Morgan fingerprint density at radius 2 is 1.70 bits per heavy atom. The van der Waals surface area contributed by atoms with Gasteiger partial charge in [-0.3, -0.25) is 4.98 Å². The van der Waals surface area contributed by atoms with Crippen LogP contribution >= 0.6 is 0 Å². The highest BCUT2D eigenvalue weighted by atomic mass is 16.7. The maximum atomic E-state index is 6.03. The lowest BCUT2D eigenvalue weighted by molar-refractivity contribution is 0.00578. The molecule has 110 valence electrons. The van der Waals surface area contributed by atoms with E-state index in [2.05, 4.69) is 4.98 Å². The highest BCUT2D eigenvalue weighted by molar-refractivity contribution is 6.62. The molecule has 0 atom stereocenters. The van der Waals surface area contributed by atoms with E-state index in [1.165, 1.54) is 0 Å². The number of hydrogen-bond acceptors (Lipinski definition) is 4. The van der Waals surface area contributed by atoms with Gasteiger partial charge in [0.15, 0.2) is 0 Å². The van der Waals surface area contributed by atoms with E-state index >= 15 is 0 Å². The first-order chi connectivity index (χ1) is 9.12. The monoisotopic (exact) mass is 277 g/mol. The van der Waals surface area contributed by atoms with Gasteiger partial charge >= 0.3 is 7.12 Å². The second-order valence-corrected chi connectivity index (χ2v) is 6.61. The molecule has 0 aliphatic carbocycles. The third-order valence-corrected chi connectivity index (χ3v) is 3.95. The Morgan fingerprint density at radius 3 is 2.20 bits per heavy atom. The van der Waals surface area contributed by atoms with Crippen LogP contribution in [0, 0.1) is 6.92 Å². The van der Waals surface area contributed by atoms with Gasteiger partial charge in [0.2, 0.25) is 0 Å². The quantitative estimate of drug-likeness (QED) is 0.796. The third kappa shape index (κ3) is 2.84. The number of ether oxygens (including phenoxy) is 1. The van der Waals surface area contributed by atoms with Gasteiger partial charge in [-0.2, -0.15) is 0 Å². The maximum Gasteiger partial charge on any atom is 0.496 e. The van der Waals surface area contributed by atoms with E-state index in [0.717, 1.165) is 16.9 Å². The Labute approximate surface area is 122 Å². The van der Waals surface area contributed by atoms with E-state index in [1.807, 2.05) is 54.5 Å². The SMILES string of the molecule is Cc1ncc(B2OC(C)(C)C(C)(C)O2)cc1OC(C)C. The van der Waals surface area contributed by atoms with Crippen molar-refractivity contribution in [3.8, 4) is 5.75 Å². The average molecular weight is 277 g/mol. The van der Waals surface area contributed by atoms with Crippen molar-refractivity contribution in [2.45, 2.75) is 65.8 Å². The molecular formula is C15H24BNO3. The molecule has 2 heterocycles. The molecule has 4 nitrogen and oxygen atoms in total. The highest BCUT2D eigenvalue weighted by Crippen LogP contribution is 2.36. The van der Waals surface area contributed by atoms with Gasteiger partial charge in [-0.15, -0.1) is 0 Å². The molecule has 1 aromatic heterocycles. The van der Waals surface area contributed by atoms with E-state index < -0.39 is 7.12 Å². The van der Waals surface area contributed by atoms with Gasteiger partial charge in [-0.1, -0.05) is 0 Å². The van der Waals surface area contributed by atoms with E-state index in [1.54, 1.807) is 6.20 Å². The molecule has 0 aromatic carbocycles. The van der Waals surface area contributed by atoms with Crippen LogP contribution in [0.3, 0.4) is 0 Å². The molecule has 0 radical (unpaired) electrons. The summed E-state index contributed by atoms with van der Waals surface area (Å²) in [6, 6.07) is 1.96. The fraction of sp³-hybridized carbons (Fsp3) is 0.667. The molecule has 1 saturated heterocycles. The Hall–Kier alpha value is -1.07. The molecule has 5 heteroatoms. The number of hydrogen-bond donors (Lipinski definition) is 0. The zero-order valence-electron chi connectivity index (χ0n) is 13.5. The van der Waals surface area contributed by atoms with Crippen molar-refractivity contribution in [2.75, 3.05) is 0 Å². The summed E-state index contributed by atoms with van der Waals surface area (Å²) in [6.07, 6.45) is 1.91. The average Bonchev–Trinajstić information content (AvgIpc) is 2.50. The molecule has 0 amide bonds. The molecule has 20 heavy (non-hydrogen) atoms. The van der Waals surface area contributed by atoms with E-state index in [-0.39, 0.29) is 17.3 Å². The van der Waals surface area contributed by atoms with E-state index in [4.69, 9.17) is 14.0 Å². The van der Waals surface area contributed by atoms with Crippen LogP contribution in [0.4, 0.5) is 0 Å². The fourth-order valence-corrected chi connectivity index (χ4v) is 2.01. The topological polar surface area (TPSA) is 40.6 Å². The lowest BCUT2D eigenvalue weighted by atomic mass is 9.80. The van der Waals surface area contributed by atoms with Gasteiger partial charge in [0.25, 0.3) is 0 Å². The first-order valence-corrected chi connectivity index (χ1v) is 7.11.